The molecule has 13 heavy (non-hydrogen) atoms. The van der Waals surface area contributed by atoms with Gasteiger partial charge in [-0.1, -0.05) is 6.92 Å². The van der Waals surface area contributed by atoms with Crippen LogP contribution in [0, 0.1) is 17.8 Å². The van der Waals surface area contributed by atoms with Crippen molar-refractivity contribution in [1.82, 2.24) is 5.32 Å². The lowest BCUT2D eigenvalue weighted by Crippen LogP contribution is -2.35. The highest BCUT2D eigenvalue weighted by Gasteiger charge is 2.12. The predicted molar refractivity (Wildman–Crippen MR) is 53.9 cm³/mol. The molecule has 0 aliphatic heterocycles. The quantitative estimate of drug-likeness (QED) is 0.480. The molecule has 3 N–H and O–H groups in total. The molecule has 3 nitrogen and oxygen atoms in total. The fraction of sp³-hybridized carbons (Fsp3) is 0.700. The maximum atomic E-state index is 11.3. The third kappa shape index (κ3) is 5.26. The number of carbonyl (C=O) groups is 1. The van der Waals surface area contributed by atoms with E-state index < -0.39 is 0 Å². The molecule has 0 aromatic carbocycles. The molecule has 0 aliphatic rings. The van der Waals surface area contributed by atoms with Crippen LogP contribution in [0.15, 0.2) is 0 Å². The number of carbonyl (C=O) groups excluding carboxylic acids is 1. The number of hydrogen-bond acceptors (Lipinski definition) is 2. The van der Waals surface area contributed by atoms with Crippen LogP contribution in [0.3, 0.4) is 0 Å². The lowest BCUT2D eigenvalue weighted by molar-refractivity contribution is -0.124. The zero-order valence-electron chi connectivity index (χ0n) is 8.39. The molecule has 1 atom stereocenters. The molecule has 0 fully saturated rings. The Labute approximate surface area is 80.1 Å². The van der Waals surface area contributed by atoms with Gasteiger partial charge in [-0.15, -0.1) is 11.8 Å². The molecule has 0 aromatic heterocycles. The van der Waals surface area contributed by atoms with Crippen LogP contribution in [-0.4, -0.2) is 19.0 Å². The summed E-state index contributed by atoms with van der Waals surface area (Å²) in [6.45, 7) is 4.79. The van der Waals surface area contributed by atoms with E-state index in [-0.39, 0.29) is 11.8 Å². The summed E-state index contributed by atoms with van der Waals surface area (Å²) < 4.78 is 0. The number of rotatable bonds is 5. The van der Waals surface area contributed by atoms with E-state index in [1.54, 1.807) is 6.92 Å². The largest absolute Gasteiger partial charge is 0.355 e. The van der Waals surface area contributed by atoms with Gasteiger partial charge in [0.15, 0.2) is 0 Å². The fourth-order valence-electron chi connectivity index (χ4n) is 0.977. The van der Waals surface area contributed by atoms with Crippen LogP contribution >= 0.6 is 0 Å². The van der Waals surface area contributed by atoms with Gasteiger partial charge in [-0.25, -0.2) is 0 Å². The molecule has 0 saturated heterocycles. The third-order valence-electron chi connectivity index (χ3n) is 1.87. The molecule has 0 spiro atoms. The molecular weight excluding hydrogens is 164 g/mol. The van der Waals surface area contributed by atoms with Gasteiger partial charge in [0.2, 0.25) is 5.91 Å². The maximum Gasteiger partial charge on any atom is 0.224 e. The molecule has 0 rings (SSSR count). The number of nitrogens with two attached hydrogens (primary N) is 1. The van der Waals surface area contributed by atoms with E-state index in [4.69, 9.17) is 5.73 Å². The topological polar surface area (TPSA) is 55.1 Å². The first-order valence-electron chi connectivity index (χ1n) is 4.63. The van der Waals surface area contributed by atoms with E-state index in [9.17, 15) is 4.79 Å². The van der Waals surface area contributed by atoms with Gasteiger partial charge in [-0.05, 0) is 13.3 Å². The first-order chi connectivity index (χ1) is 6.26. The highest BCUT2D eigenvalue weighted by molar-refractivity contribution is 5.78. The fourth-order valence-corrected chi connectivity index (χ4v) is 0.977. The van der Waals surface area contributed by atoms with E-state index in [0.29, 0.717) is 19.5 Å². The van der Waals surface area contributed by atoms with Gasteiger partial charge in [-0.2, -0.15) is 0 Å². The van der Waals surface area contributed by atoms with Crippen molar-refractivity contribution in [3.8, 4) is 11.8 Å². The van der Waals surface area contributed by atoms with E-state index in [0.717, 1.165) is 6.42 Å². The molecule has 1 unspecified atom stereocenters. The van der Waals surface area contributed by atoms with Gasteiger partial charge in [-0.3, -0.25) is 4.79 Å². The molecule has 0 aromatic rings. The Morgan fingerprint density at radius 1 is 1.62 bits per heavy atom. The first kappa shape index (κ1) is 12.0. The monoisotopic (exact) mass is 182 g/mol. The molecular formula is C10H18N2O. The van der Waals surface area contributed by atoms with Gasteiger partial charge in [0, 0.05) is 25.4 Å². The van der Waals surface area contributed by atoms with Crippen molar-refractivity contribution in [2.45, 2.75) is 26.7 Å². The third-order valence-corrected chi connectivity index (χ3v) is 1.87. The molecule has 3 heteroatoms. The Hall–Kier alpha value is -1.01. The average molecular weight is 182 g/mol. The van der Waals surface area contributed by atoms with Gasteiger partial charge < -0.3 is 11.1 Å². The number of hydrogen-bond donors (Lipinski definition) is 2. The number of amides is 1. The van der Waals surface area contributed by atoms with Gasteiger partial charge in [0.05, 0.1) is 0 Å². The van der Waals surface area contributed by atoms with Crippen LogP contribution < -0.4 is 11.1 Å². The minimum absolute atomic E-state index is 0.0444. The van der Waals surface area contributed by atoms with Crippen molar-refractivity contribution in [3.63, 3.8) is 0 Å². The van der Waals surface area contributed by atoms with Gasteiger partial charge in [0.1, 0.15) is 0 Å². The molecule has 0 bridgehead atoms. The highest BCUT2D eigenvalue weighted by atomic mass is 16.1. The van der Waals surface area contributed by atoms with Crippen molar-refractivity contribution in [3.05, 3.63) is 0 Å². The standard InChI is InChI=1S/C10H18N2O/c1-3-5-6-7-12-10(13)9(4-2)8-11/h9H,4,6-8,11H2,1-2H3,(H,12,13). The summed E-state index contributed by atoms with van der Waals surface area (Å²) in [5.41, 5.74) is 5.43. The van der Waals surface area contributed by atoms with Crippen molar-refractivity contribution in [2.24, 2.45) is 11.7 Å². The van der Waals surface area contributed by atoms with Crippen molar-refractivity contribution in [2.75, 3.05) is 13.1 Å². The summed E-state index contributed by atoms with van der Waals surface area (Å²) in [7, 11) is 0. The van der Waals surface area contributed by atoms with E-state index in [1.165, 1.54) is 0 Å². The minimum Gasteiger partial charge on any atom is -0.355 e. The lowest BCUT2D eigenvalue weighted by Gasteiger charge is -2.11. The maximum absolute atomic E-state index is 11.3. The molecule has 0 radical (unpaired) electrons. The SMILES string of the molecule is CC#CCCNC(=O)C(CC)CN. The van der Waals surface area contributed by atoms with Crippen LogP contribution in [0.1, 0.15) is 26.7 Å². The summed E-state index contributed by atoms with van der Waals surface area (Å²) in [6, 6.07) is 0. The summed E-state index contributed by atoms with van der Waals surface area (Å²) in [5, 5.41) is 2.80. The minimum atomic E-state index is -0.0467. The second-order valence-electron chi connectivity index (χ2n) is 2.81. The summed E-state index contributed by atoms with van der Waals surface area (Å²) in [6.07, 6.45) is 1.50. The van der Waals surface area contributed by atoms with Crippen LogP contribution in [0.5, 0.6) is 0 Å². The van der Waals surface area contributed by atoms with Crippen LogP contribution in [0.25, 0.3) is 0 Å². The molecule has 0 heterocycles. The van der Waals surface area contributed by atoms with Gasteiger partial charge >= 0.3 is 0 Å². The Kier molecular flexibility index (Phi) is 7.04. The average Bonchev–Trinajstić information content (AvgIpc) is 2.14. The predicted octanol–water partition coefficient (Wildman–Crippen LogP) is 0.501. The summed E-state index contributed by atoms with van der Waals surface area (Å²) >= 11 is 0. The molecule has 1 amide bonds. The van der Waals surface area contributed by atoms with Crippen molar-refractivity contribution >= 4 is 5.91 Å². The normalized spacial score (nSPS) is 11.3. The second-order valence-corrected chi connectivity index (χ2v) is 2.81. The second kappa shape index (κ2) is 7.63. The molecule has 74 valence electrons. The zero-order chi connectivity index (χ0) is 10.1. The smallest absolute Gasteiger partial charge is 0.224 e. The van der Waals surface area contributed by atoms with Crippen molar-refractivity contribution in [1.29, 1.82) is 0 Å². The first-order valence-corrected chi connectivity index (χ1v) is 4.63. The van der Waals surface area contributed by atoms with Crippen LogP contribution in [-0.2, 0) is 4.79 Å². The molecule has 0 aliphatic carbocycles. The van der Waals surface area contributed by atoms with E-state index in [1.807, 2.05) is 6.92 Å². The lowest BCUT2D eigenvalue weighted by atomic mass is 10.1. The Bertz CT molecular complexity index is 199. The summed E-state index contributed by atoms with van der Waals surface area (Å²) in [4.78, 5) is 11.3. The van der Waals surface area contributed by atoms with E-state index >= 15 is 0 Å². The molecule has 0 saturated carbocycles. The van der Waals surface area contributed by atoms with Crippen LogP contribution in [0.2, 0.25) is 0 Å². The van der Waals surface area contributed by atoms with Gasteiger partial charge in [0.25, 0.3) is 0 Å². The Balaban J connectivity index is 3.64. The number of nitrogens with one attached hydrogen (secondary N) is 1. The zero-order valence-corrected chi connectivity index (χ0v) is 8.39. The summed E-state index contributed by atoms with van der Waals surface area (Å²) in [5.74, 6) is 5.65. The Morgan fingerprint density at radius 2 is 2.31 bits per heavy atom. The Morgan fingerprint density at radius 3 is 2.77 bits per heavy atom. The van der Waals surface area contributed by atoms with E-state index in [2.05, 4.69) is 17.2 Å². The van der Waals surface area contributed by atoms with Crippen molar-refractivity contribution < 1.29 is 4.79 Å². The van der Waals surface area contributed by atoms with Crippen LogP contribution in [0.4, 0.5) is 0 Å². The highest BCUT2D eigenvalue weighted by Crippen LogP contribution is 1.98.